The van der Waals surface area contributed by atoms with Gasteiger partial charge in [-0.3, -0.25) is 4.79 Å². The fraction of sp³-hybridized carbons (Fsp3) is 0.250. The molecule has 8 nitrogen and oxygen atoms in total. The van der Waals surface area contributed by atoms with E-state index < -0.39 is 5.97 Å². The van der Waals surface area contributed by atoms with E-state index in [1.54, 1.807) is 31.4 Å². The molecule has 186 valence electrons. The van der Waals surface area contributed by atoms with Gasteiger partial charge in [0, 0.05) is 11.1 Å². The van der Waals surface area contributed by atoms with Crippen molar-refractivity contribution in [3.05, 3.63) is 95.1 Å². The molecular formula is C28H31N4O4+. The standard InChI is InChI=1S/C28H30N4O4/c1-35-26-6-4-3-5-25(26)32-17-15-31(16-18-32)20-22-9-11-23(12-10-22)27(33)30-29-19-21-7-13-24(14-8-21)28(34)36-2/h3-14,19H,15-18,20H2,1-2H3,(H,30,33)/p+1/b29-19-. The number of nitrogens with one attached hydrogen (secondary N) is 2. The normalized spacial score (nSPS) is 14.0. The molecule has 0 aliphatic carbocycles. The smallest absolute Gasteiger partial charge is 0.337 e. The monoisotopic (exact) mass is 487 g/mol. The van der Waals surface area contributed by atoms with Crippen LogP contribution in [0.4, 0.5) is 5.69 Å². The number of nitrogens with zero attached hydrogens (tertiary/aromatic N) is 2. The summed E-state index contributed by atoms with van der Waals surface area (Å²) in [5.74, 6) is 0.240. The van der Waals surface area contributed by atoms with Crippen LogP contribution in [0.2, 0.25) is 0 Å². The first-order valence-electron chi connectivity index (χ1n) is 11.9. The van der Waals surface area contributed by atoms with E-state index in [0.717, 1.165) is 49.7 Å². The van der Waals surface area contributed by atoms with Crippen LogP contribution in [0.5, 0.6) is 5.75 Å². The van der Waals surface area contributed by atoms with Gasteiger partial charge in [-0.05, 0) is 42.0 Å². The molecule has 0 unspecified atom stereocenters. The van der Waals surface area contributed by atoms with Crippen molar-refractivity contribution in [1.82, 2.24) is 5.43 Å². The van der Waals surface area contributed by atoms with Crippen molar-refractivity contribution in [2.45, 2.75) is 6.54 Å². The van der Waals surface area contributed by atoms with Crippen molar-refractivity contribution >= 4 is 23.8 Å². The average molecular weight is 488 g/mol. The van der Waals surface area contributed by atoms with Gasteiger partial charge in [0.2, 0.25) is 0 Å². The van der Waals surface area contributed by atoms with Crippen LogP contribution in [-0.4, -0.2) is 58.5 Å². The maximum Gasteiger partial charge on any atom is 0.337 e. The molecule has 1 aliphatic heterocycles. The van der Waals surface area contributed by atoms with E-state index in [9.17, 15) is 9.59 Å². The Hall–Kier alpha value is -4.17. The average Bonchev–Trinajstić information content (AvgIpc) is 2.93. The van der Waals surface area contributed by atoms with Gasteiger partial charge in [-0.1, -0.05) is 36.4 Å². The lowest BCUT2D eigenvalue weighted by atomic mass is 10.1. The van der Waals surface area contributed by atoms with Crippen molar-refractivity contribution in [3.8, 4) is 5.75 Å². The van der Waals surface area contributed by atoms with Gasteiger partial charge in [-0.25, -0.2) is 10.2 Å². The van der Waals surface area contributed by atoms with Crippen molar-refractivity contribution in [3.63, 3.8) is 0 Å². The van der Waals surface area contributed by atoms with Gasteiger partial charge in [0.05, 0.1) is 57.9 Å². The Morgan fingerprint density at radius 3 is 2.28 bits per heavy atom. The van der Waals surface area contributed by atoms with Crippen molar-refractivity contribution < 1.29 is 24.0 Å². The van der Waals surface area contributed by atoms with E-state index in [2.05, 4.69) is 26.2 Å². The Labute approximate surface area is 211 Å². The first kappa shape index (κ1) is 24.9. The fourth-order valence-electron chi connectivity index (χ4n) is 4.25. The molecular weight excluding hydrogens is 456 g/mol. The van der Waals surface area contributed by atoms with E-state index >= 15 is 0 Å². The summed E-state index contributed by atoms with van der Waals surface area (Å²) in [5.41, 5.74) is 6.65. The molecule has 0 saturated carbocycles. The molecule has 36 heavy (non-hydrogen) atoms. The Kier molecular flexibility index (Phi) is 8.31. The highest BCUT2D eigenvalue weighted by Crippen LogP contribution is 2.27. The number of hydrogen-bond acceptors (Lipinski definition) is 6. The van der Waals surface area contributed by atoms with Gasteiger partial charge in [0.25, 0.3) is 5.91 Å². The first-order valence-corrected chi connectivity index (χ1v) is 11.9. The number of carbonyl (C=O) groups excluding carboxylic acids is 2. The topological polar surface area (TPSA) is 84.7 Å². The van der Waals surface area contributed by atoms with Crippen LogP contribution in [0.15, 0.2) is 77.9 Å². The highest BCUT2D eigenvalue weighted by molar-refractivity contribution is 5.95. The number of carbonyl (C=O) groups is 2. The molecule has 0 aromatic heterocycles. The number of ether oxygens (including phenoxy) is 2. The lowest BCUT2D eigenvalue weighted by Crippen LogP contribution is -3.13. The number of para-hydroxylation sites is 2. The zero-order chi connectivity index (χ0) is 25.3. The van der Waals surface area contributed by atoms with Gasteiger partial charge < -0.3 is 19.3 Å². The minimum Gasteiger partial charge on any atom is -0.495 e. The molecule has 0 atom stereocenters. The van der Waals surface area contributed by atoms with E-state index in [-0.39, 0.29) is 5.91 Å². The predicted molar refractivity (Wildman–Crippen MR) is 139 cm³/mol. The van der Waals surface area contributed by atoms with Crippen molar-refractivity contribution in [2.75, 3.05) is 45.3 Å². The van der Waals surface area contributed by atoms with Crippen LogP contribution in [-0.2, 0) is 11.3 Å². The summed E-state index contributed by atoms with van der Waals surface area (Å²) in [6.45, 7) is 4.94. The number of piperazine rings is 1. The molecule has 4 rings (SSSR count). The van der Waals surface area contributed by atoms with E-state index in [4.69, 9.17) is 4.74 Å². The number of benzene rings is 3. The third-order valence-electron chi connectivity index (χ3n) is 6.28. The maximum atomic E-state index is 12.4. The molecule has 8 heteroatoms. The highest BCUT2D eigenvalue weighted by atomic mass is 16.5. The van der Waals surface area contributed by atoms with E-state index in [1.807, 2.05) is 42.5 Å². The number of hydrazone groups is 1. The maximum absolute atomic E-state index is 12.4. The molecule has 1 amide bonds. The van der Waals surface area contributed by atoms with Crippen LogP contribution in [0, 0.1) is 0 Å². The Morgan fingerprint density at radius 1 is 0.944 bits per heavy atom. The number of anilines is 1. The third-order valence-corrected chi connectivity index (χ3v) is 6.28. The molecule has 1 heterocycles. The largest absolute Gasteiger partial charge is 0.495 e. The number of amides is 1. The number of hydrogen-bond donors (Lipinski definition) is 2. The molecule has 2 N–H and O–H groups in total. The second-order valence-electron chi connectivity index (χ2n) is 8.60. The summed E-state index contributed by atoms with van der Waals surface area (Å²) >= 11 is 0. The second kappa shape index (κ2) is 12.0. The summed E-state index contributed by atoms with van der Waals surface area (Å²) in [6, 6.07) is 22.6. The number of methoxy groups -OCH3 is 2. The fourth-order valence-corrected chi connectivity index (χ4v) is 4.25. The SMILES string of the molecule is COC(=O)c1ccc(/C=N\NC(=O)c2ccc(C[NH+]3CCN(c4ccccc4OC)CC3)cc2)cc1. The number of esters is 1. The minimum absolute atomic E-state index is 0.276. The van der Waals surface area contributed by atoms with Crippen LogP contribution in [0.3, 0.4) is 0 Å². The summed E-state index contributed by atoms with van der Waals surface area (Å²) in [4.78, 5) is 27.8. The molecule has 0 bridgehead atoms. The Balaban J connectivity index is 1.25. The summed E-state index contributed by atoms with van der Waals surface area (Å²) in [6.07, 6.45) is 1.53. The van der Waals surface area contributed by atoms with Crippen LogP contribution in [0.25, 0.3) is 0 Å². The Morgan fingerprint density at radius 2 is 1.61 bits per heavy atom. The van der Waals surface area contributed by atoms with E-state index in [0.29, 0.717) is 11.1 Å². The number of quaternary nitrogens is 1. The lowest BCUT2D eigenvalue weighted by Gasteiger charge is -2.34. The zero-order valence-corrected chi connectivity index (χ0v) is 20.6. The zero-order valence-electron chi connectivity index (χ0n) is 20.6. The molecule has 1 aliphatic rings. The predicted octanol–water partition coefficient (Wildman–Crippen LogP) is 2.15. The van der Waals surface area contributed by atoms with Gasteiger partial charge in [-0.2, -0.15) is 5.10 Å². The van der Waals surface area contributed by atoms with Gasteiger partial charge >= 0.3 is 5.97 Å². The molecule has 0 spiro atoms. The summed E-state index contributed by atoms with van der Waals surface area (Å²) in [7, 11) is 3.05. The highest BCUT2D eigenvalue weighted by Gasteiger charge is 2.22. The van der Waals surface area contributed by atoms with Crippen molar-refractivity contribution in [2.24, 2.45) is 5.10 Å². The molecule has 1 saturated heterocycles. The molecule has 1 fully saturated rings. The quantitative estimate of drug-likeness (QED) is 0.289. The molecule has 3 aromatic rings. The van der Waals surface area contributed by atoms with Gasteiger partial charge in [0.1, 0.15) is 12.3 Å². The Bertz CT molecular complexity index is 1200. The summed E-state index contributed by atoms with van der Waals surface area (Å²) < 4.78 is 10.2. The summed E-state index contributed by atoms with van der Waals surface area (Å²) in [5, 5.41) is 4.01. The van der Waals surface area contributed by atoms with Crippen molar-refractivity contribution in [1.29, 1.82) is 0 Å². The van der Waals surface area contributed by atoms with Crippen LogP contribution < -0.4 is 20.0 Å². The number of rotatable bonds is 8. The molecule has 3 aromatic carbocycles. The first-order chi connectivity index (χ1) is 17.6. The molecule has 0 radical (unpaired) electrons. The lowest BCUT2D eigenvalue weighted by molar-refractivity contribution is -0.914. The van der Waals surface area contributed by atoms with Crippen LogP contribution in [0.1, 0.15) is 31.8 Å². The third kappa shape index (κ3) is 6.28. The van der Waals surface area contributed by atoms with E-state index in [1.165, 1.54) is 23.8 Å². The van der Waals surface area contributed by atoms with Gasteiger partial charge in [-0.15, -0.1) is 0 Å². The minimum atomic E-state index is -0.396. The van der Waals surface area contributed by atoms with Gasteiger partial charge in [0.15, 0.2) is 0 Å². The van der Waals surface area contributed by atoms with Crippen LogP contribution >= 0.6 is 0 Å². The second-order valence-corrected chi connectivity index (χ2v) is 8.60.